The van der Waals surface area contributed by atoms with Gasteiger partial charge in [-0.15, -0.1) is 0 Å². The summed E-state index contributed by atoms with van der Waals surface area (Å²) in [5.41, 5.74) is 3.54. The van der Waals surface area contributed by atoms with Crippen molar-refractivity contribution in [3.63, 3.8) is 0 Å². The van der Waals surface area contributed by atoms with Crippen molar-refractivity contribution in [1.82, 2.24) is 0 Å². The molecule has 0 fully saturated rings. The van der Waals surface area contributed by atoms with Gasteiger partial charge < -0.3 is 10.1 Å². The number of rotatable bonds is 4. The molecule has 0 aliphatic carbocycles. The third-order valence-corrected chi connectivity index (χ3v) is 4.23. The highest BCUT2D eigenvalue weighted by Crippen LogP contribution is 2.29. The molecule has 2 aromatic carbocycles. The molecule has 0 saturated heterocycles. The van der Waals surface area contributed by atoms with Crippen molar-refractivity contribution < 1.29 is 9.53 Å². The summed E-state index contributed by atoms with van der Waals surface area (Å²) in [4.78, 5) is 12.1. The number of halogens is 2. The average molecular weight is 350 g/mol. The van der Waals surface area contributed by atoms with Crippen LogP contribution in [-0.4, -0.2) is 13.0 Å². The van der Waals surface area contributed by atoms with Crippen LogP contribution in [0, 0.1) is 13.8 Å². The maximum absolute atomic E-state index is 12.1. The monoisotopic (exact) mass is 349 g/mol. The lowest BCUT2D eigenvalue weighted by Crippen LogP contribution is -2.08. The topological polar surface area (TPSA) is 38.3 Å². The van der Waals surface area contributed by atoms with Crippen LogP contribution < -0.4 is 10.1 Å². The highest BCUT2D eigenvalue weighted by atomic mass is 35.5. The summed E-state index contributed by atoms with van der Waals surface area (Å²) in [5, 5.41) is 3.44. The summed E-state index contributed by atoms with van der Waals surface area (Å²) in [6, 6.07) is 8.95. The number of carbonyl (C=O) groups is 1. The molecule has 1 amide bonds. The van der Waals surface area contributed by atoms with Crippen LogP contribution in [0.25, 0.3) is 6.08 Å². The third kappa shape index (κ3) is 4.27. The number of amides is 1. The predicted molar refractivity (Wildman–Crippen MR) is 96.6 cm³/mol. The van der Waals surface area contributed by atoms with Gasteiger partial charge in [-0.1, -0.05) is 29.3 Å². The van der Waals surface area contributed by atoms with Gasteiger partial charge in [0.1, 0.15) is 5.75 Å². The van der Waals surface area contributed by atoms with E-state index in [0.717, 1.165) is 22.4 Å². The molecule has 0 aliphatic heterocycles. The van der Waals surface area contributed by atoms with Crippen LogP contribution in [0.2, 0.25) is 10.0 Å². The van der Waals surface area contributed by atoms with Crippen LogP contribution >= 0.6 is 23.2 Å². The first-order valence-electron chi connectivity index (χ1n) is 7.00. The van der Waals surface area contributed by atoms with Crippen molar-refractivity contribution in [2.45, 2.75) is 13.8 Å². The molecule has 2 aromatic rings. The predicted octanol–water partition coefficient (Wildman–Crippen LogP) is 5.27. The van der Waals surface area contributed by atoms with Gasteiger partial charge in [0.2, 0.25) is 5.91 Å². The highest BCUT2D eigenvalue weighted by molar-refractivity contribution is 6.44. The maximum Gasteiger partial charge on any atom is 0.248 e. The minimum Gasteiger partial charge on any atom is -0.497 e. The minimum atomic E-state index is -0.274. The van der Waals surface area contributed by atoms with E-state index in [9.17, 15) is 4.79 Å². The first-order chi connectivity index (χ1) is 10.9. The van der Waals surface area contributed by atoms with Gasteiger partial charge in [-0.05, 0) is 60.9 Å². The summed E-state index contributed by atoms with van der Waals surface area (Å²) in [7, 11) is 1.63. The first kappa shape index (κ1) is 17.4. The van der Waals surface area contributed by atoms with E-state index in [1.165, 1.54) is 6.08 Å². The Kier molecular flexibility index (Phi) is 5.69. The summed E-state index contributed by atoms with van der Waals surface area (Å²) in [6.45, 7) is 3.95. The van der Waals surface area contributed by atoms with Crippen LogP contribution in [0.5, 0.6) is 5.75 Å². The molecule has 5 heteroatoms. The number of nitrogens with one attached hydrogen (secondary N) is 1. The zero-order chi connectivity index (χ0) is 17.0. The van der Waals surface area contributed by atoms with Gasteiger partial charge in [-0.25, -0.2) is 0 Å². The number of benzene rings is 2. The molecule has 0 bridgehead atoms. The van der Waals surface area contributed by atoms with Crippen LogP contribution in [0.3, 0.4) is 0 Å². The van der Waals surface area contributed by atoms with E-state index < -0.39 is 0 Å². The second-order valence-corrected chi connectivity index (χ2v) is 5.88. The molecule has 120 valence electrons. The van der Waals surface area contributed by atoms with E-state index in [-0.39, 0.29) is 5.91 Å². The van der Waals surface area contributed by atoms with Crippen molar-refractivity contribution in [2.24, 2.45) is 0 Å². The quantitative estimate of drug-likeness (QED) is 0.763. The first-order valence-corrected chi connectivity index (χ1v) is 7.76. The fourth-order valence-electron chi connectivity index (χ4n) is 2.25. The van der Waals surface area contributed by atoms with Crippen LogP contribution in [-0.2, 0) is 4.79 Å². The van der Waals surface area contributed by atoms with Crippen molar-refractivity contribution in [3.8, 4) is 5.75 Å². The van der Waals surface area contributed by atoms with Crippen LogP contribution in [0.1, 0.15) is 16.7 Å². The van der Waals surface area contributed by atoms with E-state index in [1.807, 2.05) is 26.0 Å². The van der Waals surface area contributed by atoms with E-state index in [1.54, 1.807) is 31.4 Å². The molecule has 0 radical (unpaired) electrons. The number of anilines is 1. The minimum absolute atomic E-state index is 0.274. The van der Waals surface area contributed by atoms with Crippen LogP contribution in [0.4, 0.5) is 5.69 Å². The molecule has 23 heavy (non-hydrogen) atoms. The molecule has 2 rings (SSSR count). The van der Waals surface area contributed by atoms with Gasteiger partial charge in [0.05, 0.1) is 22.8 Å². The summed E-state index contributed by atoms with van der Waals surface area (Å²) < 4.78 is 5.23. The van der Waals surface area contributed by atoms with Gasteiger partial charge in [0.25, 0.3) is 0 Å². The Morgan fingerprint density at radius 2 is 1.83 bits per heavy atom. The van der Waals surface area contributed by atoms with Crippen LogP contribution in [0.15, 0.2) is 36.4 Å². The molecular formula is C18H17Cl2NO2. The second-order valence-electron chi connectivity index (χ2n) is 5.10. The molecular weight excluding hydrogens is 333 g/mol. The van der Waals surface area contributed by atoms with Crippen molar-refractivity contribution in [1.29, 1.82) is 0 Å². The average Bonchev–Trinajstić information content (AvgIpc) is 2.50. The number of hydrogen-bond donors (Lipinski definition) is 1. The summed E-state index contributed by atoms with van der Waals surface area (Å²) in [5.74, 6) is 0.524. The van der Waals surface area contributed by atoms with Gasteiger partial charge in [0.15, 0.2) is 0 Å². The Hall–Kier alpha value is -1.97. The Morgan fingerprint density at radius 1 is 1.17 bits per heavy atom. The number of methoxy groups -OCH3 is 1. The van der Waals surface area contributed by atoms with Crippen molar-refractivity contribution >= 4 is 40.9 Å². The Labute approximate surface area is 145 Å². The third-order valence-electron chi connectivity index (χ3n) is 3.41. The van der Waals surface area contributed by atoms with E-state index in [4.69, 9.17) is 27.9 Å². The Balaban J connectivity index is 2.17. The number of aryl methyl sites for hydroxylation is 2. The number of carbonyl (C=O) groups excluding carboxylic acids is 1. The van der Waals surface area contributed by atoms with Crippen molar-refractivity contribution in [3.05, 3.63) is 63.1 Å². The van der Waals surface area contributed by atoms with E-state index in [0.29, 0.717) is 15.7 Å². The van der Waals surface area contributed by atoms with Gasteiger partial charge >= 0.3 is 0 Å². The normalized spacial score (nSPS) is 10.8. The van der Waals surface area contributed by atoms with E-state index in [2.05, 4.69) is 5.32 Å². The molecule has 0 aromatic heterocycles. The number of hydrogen-bond acceptors (Lipinski definition) is 2. The molecule has 0 heterocycles. The van der Waals surface area contributed by atoms with Crippen molar-refractivity contribution in [2.75, 3.05) is 12.4 Å². The second kappa shape index (κ2) is 7.53. The van der Waals surface area contributed by atoms with Gasteiger partial charge in [0, 0.05) is 6.08 Å². The molecule has 0 aliphatic rings. The summed E-state index contributed by atoms with van der Waals surface area (Å²) in [6.07, 6.45) is 3.25. The SMILES string of the molecule is COc1cc(C)c(/C=C/C(=O)Nc2cccc(Cl)c2Cl)c(C)c1. The lowest BCUT2D eigenvalue weighted by molar-refractivity contribution is -0.111. The molecule has 0 atom stereocenters. The largest absolute Gasteiger partial charge is 0.497 e. The number of ether oxygens (including phenoxy) is 1. The smallest absolute Gasteiger partial charge is 0.248 e. The molecule has 0 unspecified atom stereocenters. The maximum atomic E-state index is 12.1. The van der Waals surface area contributed by atoms with Gasteiger partial charge in [-0.2, -0.15) is 0 Å². The lowest BCUT2D eigenvalue weighted by atomic mass is 10.0. The zero-order valence-electron chi connectivity index (χ0n) is 13.1. The Morgan fingerprint density at radius 3 is 2.43 bits per heavy atom. The summed E-state index contributed by atoms with van der Waals surface area (Å²) >= 11 is 12.0. The lowest BCUT2D eigenvalue weighted by Gasteiger charge is -2.09. The molecule has 0 spiro atoms. The fraction of sp³-hybridized carbons (Fsp3) is 0.167. The highest BCUT2D eigenvalue weighted by Gasteiger charge is 2.07. The molecule has 0 saturated carbocycles. The molecule has 3 nitrogen and oxygen atoms in total. The van der Waals surface area contributed by atoms with Gasteiger partial charge in [-0.3, -0.25) is 4.79 Å². The van der Waals surface area contributed by atoms with E-state index >= 15 is 0 Å². The fourth-order valence-corrected chi connectivity index (χ4v) is 2.60. The zero-order valence-corrected chi connectivity index (χ0v) is 14.6. The Bertz CT molecular complexity index is 747. The standard InChI is InChI=1S/C18H17Cl2NO2/c1-11-9-13(23-3)10-12(2)14(11)7-8-17(22)21-16-6-4-5-15(19)18(16)20/h4-10H,1-3H3,(H,21,22)/b8-7+. The molecule has 1 N–H and O–H groups in total.